The molecule has 0 atom stereocenters. The lowest BCUT2D eigenvalue weighted by molar-refractivity contribution is -0.136. The zero-order valence-electron chi connectivity index (χ0n) is 13.2. The molecule has 5 nitrogen and oxygen atoms in total. The largest absolute Gasteiger partial charge is 0.496 e. The molecule has 0 aliphatic heterocycles. The quantitative estimate of drug-likeness (QED) is 0.628. The summed E-state index contributed by atoms with van der Waals surface area (Å²) >= 11 is 3.35. The maximum atomic E-state index is 12.5. The van der Waals surface area contributed by atoms with E-state index >= 15 is 0 Å². The number of rotatable bonds is 5. The van der Waals surface area contributed by atoms with Crippen LogP contribution in [0.5, 0.6) is 5.75 Å². The number of amides is 1. The Hall–Kier alpha value is -2.60. The van der Waals surface area contributed by atoms with Crippen LogP contribution in [-0.2, 0) is 9.53 Å². The Morgan fingerprint density at radius 2 is 1.71 bits per heavy atom. The molecule has 0 heterocycles. The van der Waals surface area contributed by atoms with Crippen LogP contribution in [0, 0.1) is 0 Å². The zero-order valence-corrected chi connectivity index (χ0v) is 14.8. The fraction of sp³-hybridized carbons (Fsp3) is 0.111. The molecule has 2 aromatic carbocycles. The smallest absolute Gasteiger partial charge is 0.354 e. The van der Waals surface area contributed by atoms with Gasteiger partial charge in [-0.25, -0.2) is 4.79 Å². The number of nitrogens with one attached hydrogen (secondary N) is 1. The number of methoxy groups -OCH3 is 2. The van der Waals surface area contributed by atoms with E-state index in [1.165, 1.54) is 14.2 Å². The average molecular weight is 390 g/mol. The Morgan fingerprint density at radius 1 is 1.04 bits per heavy atom. The normalized spacial score (nSPS) is 10.9. The van der Waals surface area contributed by atoms with Crippen molar-refractivity contribution in [3.8, 4) is 5.75 Å². The SMILES string of the molecule is COC(=O)C(=Cc1ccc(Br)cc1)NC(=O)c1ccccc1OC. The Bertz CT molecular complexity index is 769. The number of hydrogen-bond acceptors (Lipinski definition) is 4. The molecule has 0 aliphatic carbocycles. The summed E-state index contributed by atoms with van der Waals surface area (Å²) in [6.45, 7) is 0. The van der Waals surface area contributed by atoms with Crippen LogP contribution in [0.2, 0.25) is 0 Å². The third kappa shape index (κ3) is 4.45. The summed E-state index contributed by atoms with van der Waals surface area (Å²) in [5, 5.41) is 2.58. The molecular formula is C18H16BrNO4. The molecule has 0 saturated heterocycles. The molecule has 1 amide bonds. The van der Waals surface area contributed by atoms with Gasteiger partial charge in [-0.15, -0.1) is 0 Å². The van der Waals surface area contributed by atoms with E-state index in [0.29, 0.717) is 11.3 Å². The molecule has 0 aliphatic rings. The molecule has 0 radical (unpaired) electrons. The van der Waals surface area contributed by atoms with Crippen LogP contribution in [0.25, 0.3) is 6.08 Å². The first-order valence-corrected chi connectivity index (χ1v) is 7.84. The second-order valence-corrected chi connectivity index (χ2v) is 5.67. The van der Waals surface area contributed by atoms with Gasteiger partial charge in [0.1, 0.15) is 11.4 Å². The van der Waals surface area contributed by atoms with Crippen molar-refractivity contribution in [2.45, 2.75) is 0 Å². The second kappa shape index (κ2) is 8.31. The number of halogens is 1. The molecule has 0 fully saturated rings. The monoisotopic (exact) mass is 389 g/mol. The fourth-order valence-corrected chi connectivity index (χ4v) is 2.27. The fourth-order valence-electron chi connectivity index (χ4n) is 2.00. The standard InChI is InChI=1S/C18H16BrNO4/c1-23-16-6-4-3-5-14(16)17(21)20-15(18(22)24-2)11-12-7-9-13(19)10-8-12/h3-11H,1-2H3,(H,20,21). The molecule has 24 heavy (non-hydrogen) atoms. The van der Waals surface area contributed by atoms with Gasteiger partial charge in [-0.2, -0.15) is 0 Å². The van der Waals surface area contributed by atoms with E-state index in [2.05, 4.69) is 21.2 Å². The van der Waals surface area contributed by atoms with E-state index in [9.17, 15) is 9.59 Å². The molecular weight excluding hydrogens is 374 g/mol. The number of benzene rings is 2. The van der Waals surface area contributed by atoms with Crippen molar-refractivity contribution < 1.29 is 19.1 Å². The van der Waals surface area contributed by atoms with Crippen molar-refractivity contribution in [2.24, 2.45) is 0 Å². The van der Waals surface area contributed by atoms with Crippen LogP contribution >= 0.6 is 15.9 Å². The average Bonchev–Trinajstić information content (AvgIpc) is 2.62. The van der Waals surface area contributed by atoms with Gasteiger partial charge in [-0.1, -0.05) is 40.2 Å². The first kappa shape index (κ1) is 17.7. The van der Waals surface area contributed by atoms with Crippen molar-refractivity contribution in [3.05, 3.63) is 69.8 Å². The van der Waals surface area contributed by atoms with Gasteiger partial charge in [-0.3, -0.25) is 4.79 Å². The van der Waals surface area contributed by atoms with Crippen molar-refractivity contribution >= 4 is 33.9 Å². The lowest BCUT2D eigenvalue weighted by Crippen LogP contribution is -2.28. The zero-order chi connectivity index (χ0) is 17.5. The van der Waals surface area contributed by atoms with Crippen molar-refractivity contribution in [3.63, 3.8) is 0 Å². The molecule has 0 spiro atoms. The van der Waals surface area contributed by atoms with Gasteiger partial charge in [0.2, 0.25) is 0 Å². The van der Waals surface area contributed by atoms with Gasteiger partial charge in [-0.05, 0) is 35.9 Å². The summed E-state index contributed by atoms with van der Waals surface area (Å²) in [6, 6.07) is 14.0. The third-order valence-electron chi connectivity index (χ3n) is 3.19. The van der Waals surface area contributed by atoms with E-state index in [4.69, 9.17) is 9.47 Å². The number of esters is 1. The molecule has 0 bridgehead atoms. The topological polar surface area (TPSA) is 64.6 Å². The van der Waals surface area contributed by atoms with E-state index < -0.39 is 11.9 Å². The maximum Gasteiger partial charge on any atom is 0.354 e. The van der Waals surface area contributed by atoms with Crippen LogP contribution < -0.4 is 10.1 Å². The Labute approximate surface area is 148 Å². The molecule has 0 unspecified atom stereocenters. The number of carbonyl (C=O) groups is 2. The summed E-state index contributed by atoms with van der Waals surface area (Å²) in [6.07, 6.45) is 1.55. The lowest BCUT2D eigenvalue weighted by atomic mass is 10.1. The molecule has 2 rings (SSSR count). The van der Waals surface area contributed by atoms with Gasteiger partial charge in [0.05, 0.1) is 19.8 Å². The predicted octanol–water partition coefficient (Wildman–Crippen LogP) is 3.40. The number of carbonyl (C=O) groups excluding carboxylic acids is 2. The summed E-state index contributed by atoms with van der Waals surface area (Å²) in [5.74, 6) is -0.676. The highest BCUT2D eigenvalue weighted by Crippen LogP contribution is 2.18. The number of para-hydroxylation sites is 1. The van der Waals surface area contributed by atoms with Crippen LogP contribution in [-0.4, -0.2) is 26.1 Å². The second-order valence-electron chi connectivity index (χ2n) is 4.76. The Kier molecular flexibility index (Phi) is 6.14. The number of ether oxygens (including phenoxy) is 2. The van der Waals surface area contributed by atoms with Gasteiger partial charge in [0.25, 0.3) is 5.91 Å². The minimum absolute atomic E-state index is 0.0377. The van der Waals surface area contributed by atoms with Crippen molar-refractivity contribution in [1.82, 2.24) is 5.32 Å². The molecule has 124 valence electrons. The third-order valence-corrected chi connectivity index (χ3v) is 3.71. The predicted molar refractivity (Wildman–Crippen MR) is 94.6 cm³/mol. The minimum atomic E-state index is -0.638. The van der Waals surface area contributed by atoms with Crippen LogP contribution in [0.4, 0.5) is 0 Å². The Balaban J connectivity index is 2.30. The first-order chi connectivity index (χ1) is 11.5. The lowest BCUT2D eigenvalue weighted by Gasteiger charge is -2.11. The van der Waals surface area contributed by atoms with Crippen molar-refractivity contribution in [1.29, 1.82) is 0 Å². The molecule has 0 saturated carbocycles. The summed E-state index contributed by atoms with van der Waals surface area (Å²) in [4.78, 5) is 24.4. The van der Waals surface area contributed by atoms with Crippen LogP contribution in [0.3, 0.4) is 0 Å². The highest BCUT2D eigenvalue weighted by Gasteiger charge is 2.17. The van der Waals surface area contributed by atoms with Gasteiger partial charge in [0.15, 0.2) is 0 Å². The van der Waals surface area contributed by atoms with E-state index in [0.717, 1.165) is 10.0 Å². The summed E-state index contributed by atoms with van der Waals surface area (Å²) < 4.78 is 10.8. The van der Waals surface area contributed by atoms with Gasteiger partial charge >= 0.3 is 5.97 Å². The van der Waals surface area contributed by atoms with E-state index in [-0.39, 0.29) is 5.70 Å². The van der Waals surface area contributed by atoms with Crippen LogP contribution in [0.15, 0.2) is 58.7 Å². The van der Waals surface area contributed by atoms with Gasteiger partial charge < -0.3 is 14.8 Å². The highest BCUT2D eigenvalue weighted by atomic mass is 79.9. The molecule has 6 heteroatoms. The minimum Gasteiger partial charge on any atom is -0.496 e. The van der Waals surface area contributed by atoms with E-state index in [1.54, 1.807) is 30.3 Å². The van der Waals surface area contributed by atoms with Crippen LogP contribution in [0.1, 0.15) is 15.9 Å². The maximum absolute atomic E-state index is 12.5. The summed E-state index contributed by atoms with van der Waals surface area (Å²) in [5.41, 5.74) is 1.11. The Morgan fingerprint density at radius 3 is 2.33 bits per heavy atom. The highest BCUT2D eigenvalue weighted by molar-refractivity contribution is 9.10. The van der Waals surface area contributed by atoms with Crippen molar-refractivity contribution in [2.75, 3.05) is 14.2 Å². The van der Waals surface area contributed by atoms with E-state index in [1.807, 2.05) is 24.3 Å². The summed E-state index contributed by atoms with van der Waals surface area (Å²) in [7, 11) is 2.73. The molecule has 2 aromatic rings. The molecule has 0 aromatic heterocycles. The van der Waals surface area contributed by atoms with Gasteiger partial charge in [0, 0.05) is 4.47 Å². The first-order valence-electron chi connectivity index (χ1n) is 7.05. The molecule has 1 N–H and O–H groups in total. The number of hydrogen-bond donors (Lipinski definition) is 1.